The largest absolute Gasteiger partial charge is 2.00 e. The summed E-state index contributed by atoms with van der Waals surface area (Å²) in [5, 5.41) is 87.7. The SMILES string of the molecule is CC(=O)O.CC(=O)O.COCCOCC(=O)O.CS(=O)(=O)c1nnc(-c2ccc(CC(=O)O)cc2)o1.O=C(O)C(=O)O.O=C(O)C(=O)O.O=C(O)CCC(=O)NCCSSc1ccccn1.O=C=NCCC(=O)O.[CH2-][C@@H]1CCCC[C@H]1[NH-].[CH2-][C@@H]1CCCC[C@H]1[NH-].[Cl][Pt+2][Cl].[NH2-].[NH2-].[Pt+2].[Pt+2]. The molecule has 0 saturated heterocycles. The fraction of sp³-hybridized carbons (Fsp3) is 0.491. The Bertz CT molecular complexity index is 2680. The first kappa shape index (κ1) is 112. The average molecular weight is 2030 g/mol. The predicted octanol–water partition coefficient (Wildman–Crippen LogP) is 8.26. The number of isocyanates is 1. The van der Waals surface area contributed by atoms with E-state index in [4.69, 9.17) is 115 Å². The molecule has 1 aromatic carbocycles. The molecular formula is C53H81Cl2N9O27Pt3S3. The van der Waals surface area contributed by atoms with Crippen LogP contribution in [0.25, 0.3) is 35.2 Å². The van der Waals surface area contributed by atoms with Crippen LogP contribution in [0.15, 0.2) is 68.3 Å². The normalized spacial score (nSPS) is 13.8. The third-order valence-corrected chi connectivity index (χ3v) is 12.5. The van der Waals surface area contributed by atoms with Crippen molar-refractivity contribution in [3.8, 4) is 11.5 Å². The van der Waals surface area contributed by atoms with Crippen LogP contribution in [-0.2, 0) is 142 Å². The maximum Gasteiger partial charge on any atom is 2.00 e. The average Bonchev–Trinajstić information content (AvgIpc) is 1.74. The van der Waals surface area contributed by atoms with Gasteiger partial charge in [0.2, 0.25) is 27.7 Å². The molecule has 0 aliphatic heterocycles. The molecule has 2 fully saturated rings. The molecule has 36 nitrogen and oxygen atoms in total. The Hall–Kier alpha value is -5.89. The van der Waals surface area contributed by atoms with Crippen molar-refractivity contribution in [1.29, 1.82) is 0 Å². The molecule has 1 amide bonds. The smallest absolute Gasteiger partial charge is 0.693 e. The van der Waals surface area contributed by atoms with Crippen LogP contribution < -0.4 is 5.32 Å². The van der Waals surface area contributed by atoms with Crippen molar-refractivity contribution >= 4 is 122 Å². The number of hydrogen-bond donors (Lipinski definition) is 11. The third kappa shape index (κ3) is 88.1. The van der Waals surface area contributed by atoms with Crippen molar-refractivity contribution < 1.29 is 190 Å². The van der Waals surface area contributed by atoms with Crippen LogP contribution in [0, 0.1) is 25.7 Å². The number of rotatable bonds is 20. The number of amides is 1. The van der Waals surface area contributed by atoms with Crippen molar-refractivity contribution in [3.63, 3.8) is 0 Å². The summed E-state index contributed by atoms with van der Waals surface area (Å²) in [6.45, 7) is 11.0. The number of nitrogens with two attached hydrogens (primary N) is 2. The molecule has 2 aliphatic rings. The first-order valence-electron chi connectivity index (χ1n) is 26.2. The zero-order chi connectivity index (χ0) is 72.9. The molecule has 44 heteroatoms. The molecule has 5 rings (SSSR count). The first-order valence-corrected chi connectivity index (χ1v) is 36.0. The number of carbonyl (C=O) groups is 11. The van der Waals surface area contributed by atoms with Crippen molar-refractivity contribution in [3.05, 3.63) is 91.8 Å². The van der Waals surface area contributed by atoms with Gasteiger partial charge < -0.3 is 108 Å². The quantitative estimate of drug-likeness (QED) is 0.0127. The van der Waals surface area contributed by atoms with E-state index in [0.717, 1.165) is 43.7 Å². The topological polar surface area (TPSA) is 651 Å². The number of hydrogen-bond acceptors (Lipinski definition) is 23. The van der Waals surface area contributed by atoms with Gasteiger partial charge in [-0.15, -0.1) is 5.10 Å². The summed E-state index contributed by atoms with van der Waals surface area (Å²) >= 11 is -0.472. The number of carbonyl (C=O) groups excluding carboxylic acids is 2. The molecule has 562 valence electrons. The number of carboxylic acids is 10. The van der Waals surface area contributed by atoms with Crippen LogP contribution in [-0.4, -0.2) is 210 Å². The van der Waals surface area contributed by atoms with E-state index < -0.39 is 91.2 Å². The van der Waals surface area contributed by atoms with E-state index in [1.807, 2.05) is 18.2 Å². The van der Waals surface area contributed by atoms with E-state index in [-0.39, 0.29) is 117 Å². The van der Waals surface area contributed by atoms with Crippen LogP contribution in [0.3, 0.4) is 0 Å². The number of nitrogens with one attached hydrogen (secondary N) is 3. The minimum atomic E-state index is -3.53. The number of benzene rings is 1. The fourth-order valence-corrected chi connectivity index (χ4v) is 7.57. The zero-order valence-corrected chi connectivity index (χ0v) is 63.1. The summed E-state index contributed by atoms with van der Waals surface area (Å²) in [7, 11) is 10.9. The maximum atomic E-state index is 11.2. The number of carboxylic acid groups (broad SMARTS) is 10. The Labute approximate surface area is 612 Å². The molecule has 3 aromatic rings. The number of methoxy groups -OCH3 is 1. The zero-order valence-electron chi connectivity index (χ0n) is 52.4. The molecule has 17 N–H and O–H groups in total. The number of aliphatic imine (C=N–C) groups is 1. The fourth-order valence-electron chi connectivity index (χ4n) is 5.37. The number of aromatic nitrogens is 3. The Balaban J connectivity index is -0.000000112. The Kier molecular flexibility index (Phi) is 86.2. The molecule has 0 bridgehead atoms. The van der Waals surface area contributed by atoms with Gasteiger partial charge in [0.15, 0.2) is 0 Å². The first-order chi connectivity index (χ1) is 43.4. The number of pyridine rings is 1. The number of aliphatic carboxylic acids is 10. The van der Waals surface area contributed by atoms with E-state index >= 15 is 0 Å². The second-order valence-corrected chi connectivity index (χ2v) is 25.0. The second kappa shape index (κ2) is 74.3. The molecule has 2 aliphatic carbocycles. The summed E-state index contributed by atoms with van der Waals surface area (Å²) < 4.78 is 36.6. The molecule has 97 heavy (non-hydrogen) atoms. The molecule has 0 radical (unpaired) electrons. The summed E-state index contributed by atoms with van der Waals surface area (Å²) in [6, 6.07) is 12.4. The van der Waals surface area contributed by atoms with Gasteiger partial charge >= 0.3 is 130 Å². The standard InChI is InChI=1S/C11H10N2O5S.C11H14N2O3S2.2C7H13N.C5H10O4.C4H5NO3.2C2H2O4.2C2H4O2.2ClH.2H2N.3Pt/c1-19(16,17)11-13-12-10(18-11)8-4-2-7(3-5-8)6-9(14)15;14-9(4-5-11(15)16)12-7-8-17-18-10-3-1-2-6-13-10;2*1-6-4-2-3-5-7(6)8;1-8-2-3-9-4-5(6)7;6-3-5-2-1-4(7)8;2*3-1(4)2(5)6;2*1-2(3)4;;;;;;;/h2-5H,6H2,1H3,(H,14,15);1-3,6H,4-5,7-8H2,(H,12,14)(H,15,16);2*6-8H,1-5H2;2-4H2,1H3,(H,6,7);1-2H2,(H,7,8);2*(H,3,4)(H,5,6);2*1H3,(H,3,4);2*1H;2*1H2;;;/q;;2*-2;;;;;;;;;2*-1;2*+2;+4/p-2/t;;2*6-,7-;;;;;;;;;;;;;/m..11............./s1. The molecule has 4 atom stereocenters. The maximum absolute atomic E-state index is 11.2. The van der Waals surface area contributed by atoms with Gasteiger partial charge in [-0.2, -0.15) is 23.9 Å². The monoisotopic (exact) mass is 2030 g/mol. The molecular weight excluding hydrogens is 1950 g/mol. The molecule has 2 aromatic heterocycles. The Morgan fingerprint density at radius 3 is 1.46 bits per heavy atom. The van der Waals surface area contributed by atoms with Gasteiger partial charge in [0, 0.05) is 57.7 Å². The third-order valence-electron chi connectivity index (χ3n) is 9.48. The second-order valence-electron chi connectivity index (χ2n) is 17.4. The minimum Gasteiger partial charge on any atom is -0.693 e. The Morgan fingerprint density at radius 2 is 1.14 bits per heavy atom. The van der Waals surface area contributed by atoms with Gasteiger partial charge in [-0.05, 0) is 40.6 Å². The van der Waals surface area contributed by atoms with Gasteiger partial charge in [0.1, 0.15) is 11.6 Å². The van der Waals surface area contributed by atoms with Gasteiger partial charge in [-0.25, -0.2) is 47.2 Å². The number of sulfone groups is 1. The van der Waals surface area contributed by atoms with E-state index in [9.17, 15) is 37.2 Å². The van der Waals surface area contributed by atoms with Gasteiger partial charge in [0.25, 0.3) is 11.9 Å². The summed E-state index contributed by atoms with van der Waals surface area (Å²) in [5.41, 5.74) is 16.0. The van der Waals surface area contributed by atoms with Crippen LogP contribution in [0.5, 0.6) is 0 Å². The molecule has 0 unspecified atom stereocenters. The van der Waals surface area contributed by atoms with Crippen LogP contribution in [0.2, 0.25) is 0 Å². The summed E-state index contributed by atoms with van der Waals surface area (Å²) in [5.74, 6) is -11.3. The predicted molar refractivity (Wildman–Crippen MR) is 342 cm³/mol. The van der Waals surface area contributed by atoms with E-state index in [1.54, 1.807) is 52.1 Å². The van der Waals surface area contributed by atoms with Crippen LogP contribution in [0.4, 0.5) is 0 Å². The van der Waals surface area contributed by atoms with Gasteiger partial charge in [-0.3, -0.25) is 28.8 Å². The van der Waals surface area contributed by atoms with E-state index in [0.29, 0.717) is 42.7 Å². The number of nitrogens with zero attached hydrogens (tertiary/aromatic N) is 4. The van der Waals surface area contributed by atoms with Crippen LogP contribution in [0.1, 0.15) is 90.0 Å². The van der Waals surface area contributed by atoms with Gasteiger partial charge in [0.05, 0.1) is 39.0 Å². The van der Waals surface area contributed by atoms with E-state index in [2.05, 4.69) is 48.8 Å². The summed E-state index contributed by atoms with van der Waals surface area (Å²) in [6.07, 6.45) is 13.3. The Morgan fingerprint density at radius 1 is 0.701 bits per heavy atom. The van der Waals surface area contributed by atoms with Crippen molar-refractivity contribution in [2.75, 3.05) is 52.0 Å². The number of halogens is 2. The van der Waals surface area contributed by atoms with Crippen molar-refractivity contribution in [1.82, 2.24) is 20.5 Å². The number of ether oxygens (including phenoxy) is 2. The summed E-state index contributed by atoms with van der Waals surface area (Å²) in [4.78, 5) is 122. The van der Waals surface area contributed by atoms with E-state index in [1.165, 1.54) is 51.7 Å². The molecule has 0 spiro atoms. The molecule has 2 heterocycles. The van der Waals surface area contributed by atoms with Crippen molar-refractivity contribution in [2.45, 2.75) is 113 Å². The van der Waals surface area contributed by atoms with Crippen LogP contribution >= 0.6 is 40.4 Å². The van der Waals surface area contributed by atoms with Gasteiger partial charge in [-0.1, -0.05) is 85.5 Å². The molecule has 2 saturated carbocycles. The van der Waals surface area contributed by atoms with Crippen molar-refractivity contribution in [2.24, 2.45) is 16.8 Å². The minimum absolute atomic E-state index is 0.